The molecule has 0 aliphatic carbocycles. The van der Waals surface area contributed by atoms with E-state index in [1.165, 1.54) is 4.88 Å². The van der Waals surface area contributed by atoms with E-state index < -0.39 is 0 Å². The minimum absolute atomic E-state index is 1.08. The van der Waals surface area contributed by atoms with Gasteiger partial charge < -0.3 is 0 Å². The summed E-state index contributed by atoms with van der Waals surface area (Å²) in [7, 11) is 0. The third-order valence-corrected chi connectivity index (χ3v) is 2.52. The fraction of sp³-hybridized carbons (Fsp3) is 0.375. The molecule has 0 N–H and O–H groups in total. The Bertz CT molecular complexity index is 240. The van der Waals surface area contributed by atoms with E-state index in [9.17, 15) is 0 Å². The van der Waals surface area contributed by atoms with Gasteiger partial charge in [0.2, 0.25) is 0 Å². The van der Waals surface area contributed by atoms with E-state index in [-0.39, 0.29) is 0 Å². The third kappa shape index (κ3) is 3.08. The van der Waals surface area contributed by atoms with E-state index in [4.69, 9.17) is 0 Å². The molecular weight excluding hydrogens is 174 g/mol. The first-order chi connectivity index (χ1) is 5.33. The maximum atomic E-state index is 4.23. The molecule has 0 spiro atoms. The molecule has 0 saturated heterocycles. The molecule has 1 rings (SSSR count). The van der Waals surface area contributed by atoms with Crippen molar-refractivity contribution in [1.29, 1.82) is 0 Å². The summed E-state index contributed by atoms with van der Waals surface area (Å²) >= 11 is 3.35. The van der Waals surface area contributed by atoms with Gasteiger partial charge in [0.15, 0.2) is 0 Å². The predicted molar refractivity (Wildman–Crippen MR) is 54.0 cm³/mol. The molecule has 60 valence electrons. The van der Waals surface area contributed by atoms with Gasteiger partial charge >= 0.3 is 0 Å². The van der Waals surface area contributed by atoms with Crippen molar-refractivity contribution in [3.8, 4) is 0 Å². The molecule has 0 amide bonds. The summed E-state index contributed by atoms with van der Waals surface area (Å²) in [5.41, 5.74) is 1.08. The van der Waals surface area contributed by atoms with Crippen molar-refractivity contribution in [3.63, 3.8) is 0 Å². The summed E-state index contributed by atoms with van der Waals surface area (Å²) in [5.74, 6) is 1.12. The summed E-state index contributed by atoms with van der Waals surface area (Å²) < 4.78 is 4.23. The van der Waals surface area contributed by atoms with E-state index >= 15 is 0 Å². The Labute approximate surface area is 75.7 Å². The largest absolute Gasteiger partial charge is 0.193 e. The van der Waals surface area contributed by atoms with Gasteiger partial charge in [0.1, 0.15) is 0 Å². The number of aromatic nitrogens is 1. The molecule has 0 aromatic carbocycles. The molecule has 1 heterocycles. The van der Waals surface area contributed by atoms with Gasteiger partial charge in [-0.05, 0) is 41.8 Å². The second kappa shape index (κ2) is 4.57. The summed E-state index contributed by atoms with van der Waals surface area (Å²) in [6.07, 6.45) is 2.05. The van der Waals surface area contributed by atoms with Crippen LogP contribution in [-0.2, 0) is 0 Å². The fourth-order valence-corrected chi connectivity index (χ4v) is 1.64. The second-order valence-corrected chi connectivity index (χ2v) is 4.31. The van der Waals surface area contributed by atoms with Crippen LogP contribution in [0.2, 0.25) is 0 Å². The molecule has 0 atom stereocenters. The van der Waals surface area contributed by atoms with Crippen LogP contribution in [0.3, 0.4) is 0 Å². The molecule has 1 aromatic rings. The smallest absolute Gasteiger partial charge is 0.0776 e. The van der Waals surface area contributed by atoms with Crippen LogP contribution in [0.15, 0.2) is 11.5 Å². The normalized spacial score (nSPS) is 11.1. The molecule has 0 fully saturated rings. The predicted octanol–water partition coefficient (Wildman–Crippen LogP) is 3.18. The van der Waals surface area contributed by atoms with Crippen LogP contribution in [0.4, 0.5) is 0 Å². The van der Waals surface area contributed by atoms with Gasteiger partial charge in [-0.3, -0.25) is 0 Å². The van der Waals surface area contributed by atoms with Crippen molar-refractivity contribution < 1.29 is 0 Å². The second-order valence-electron chi connectivity index (χ2n) is 2.12. The zero-order valence-corrected chi connectivity index (χ0v) is 8.34. The molecule has 1 nitrogen and oxygen atoms in total. The minimum Gasteiger partial charge on any atom is -0.193 e. The average Bonchev–Trinajstić information content (AvgIpc) is 2.37. The van der Waals surface area contributed by atoms with E-state index in [1.807, 2.05) is 0 Å². The lowest BCUT2D eigenvalue weighted by Crippen LogP contribution is -1.65. The fourth-order valence-electron chi connectivity index (χ4n) is 0.678. The van der Waals surface area contributed by atoms with Gasteiger partial charge in [-0.15, -0.1) is 11.8 Å². The Balaban J connectivity index is 2.50. The van der Waals surface area contributed by atoms with Crippen LogP contribution in [0.5, 0.6) is 0 Å². The number of aryl methyl sites for hydroxylation is 1. The van der Waals surface area contributed by atoms with Gasteiger partial charge in [0, 0.05) is 4.88 Å². The maximum Gasteiger partial charge on any atom is 0.0776 e. The zero-order valence-electron chi connectivity index (χ0n) is 6.70. The third-order valence-electron chi connectivity index (χ3n) is 1.15. The van der Waals surface area contributed by atoms with E-state index in [0.717, 1.165) is 11.4 Å². The molecule has 0 radical (unpaired) electrons. The Morgan fingerprint density at radius 3 is 3.09 bits per heavy atom. The SMILES string of the molecule is CCSC=Cc1cc(C)sn1. The summed E-state index contributed by atoms with van der Waals surface area (Å²) in [4.78, 5) is 1.27. The van der Waals surface area contributed by atoms with Crippen molar-refractivity contribution in [2.24, 2.45) is 0 Å². The van der Waals surface area contributed by atoms with Crippen LogP contribution in [0.25, 0.3) is 6.08 Å². The average molecular weight is 185 g/mol. The van der Waals surface area contributed by atoms with E-state index in [2.05, 4.69) is 35.8 Å². The van der Waals surface area contributed by atoms with Crippen molar-refractivity contribution in [2.45, 2.75) is 13.8 Å². The van der Waals surface area contributed by atoms with Crippen LogP contribution >= 0.6 is 23.3 Å². The molecular formula is C8H11NS2. The van der Waals surface area contributed by atoms with Crippen molar-refractivity contribution in [3.05, 3.63) is 22.0 Å². The highest BCUT2D eigenvalue weighted by Crippen LogP contribution is 2.11. The highest BCUT2D eigenvalue weighted by Gasteiger charge is 1.91. The van der Waals surface area contributed by atoms with Gasteiger partial charge in [0.25, 0.3) is 0 Å². The lowest BCUT2D eigenvalue weighted by atomic mass is 10.4. The van der Waals surface area contributed by atoms with Crippen molar-refractivity contribution in [1.82, 2.24) is 4.37 Å². The van der Waals surface area contributed by atoms with Crippen LogP contribution in [-0.4, -0.2) is 10.1 Å². The summed E-state index contributed by atoms with van der Waals surface area (Å²) in [6.45, 7) is 4.21. The molecule has 0 bridgehead atoms. The number of thioether (sulfide) groups is 1. The zero-order chi connectivity index (χ0) is 8.10. The Morgan fingerprint density at radius 1 is 1.73 bits per heavy atom. The molecule has 1 aromatic heterocycles. The summed E-state index contributed by atoms with van der Waals surface area (Å²) in [6, 6.07) is 2.09. The van der Waals surface area contributed by atoms with Gasteiger partial charge in [-0.2, -0.15) is 4.37 Å². The number of nitrogens with zero attached hydrogens (tertiary/aromatic N) is 1. The first-order valence-electron chi connectivity index (χ1n) is 3.54. The number of hydrogen-bond donors (Lipinski definition) is 0. The van der Waals surface area contributed by atoms with Gasteiger partial charge in [-0.1, -0.05) is 6.92 Å². The van der Waals surface area contributed by atoms with Crippen LogP contribution in [0.1, 0.15) is 17.5 Å². The minimum atomic E-state index is 1.08. The first-order valence-corrected chi connectivity index (χ1v) is 5.36. The maximum absolute atomic E-state index is 4.23. The first kappa shape index (κ1) is 8.81. The lowest BCUT2D eigenvalue weighted by Gasteiger charge is -1.82. The highest BCUT2D eigenvalue weighted by molar-refractivity contribution is 8.02. The topological polar surface area (TPSA) is 12.9 Å². The molecule has 0 aliphatic rings. The monoisotopic (exact) mass is 185 g/mol. The Morgan fingerprint density at radius 2 is 2.55 bits per heavy atom. The molecule has 3 heteroatoms. The standard InChI is InChI=1S/C8H11NS2/c1-3-10-5-4-8-6-7(2)11-9-8/h4-6H,3H2,1-2H3. The number of hydrogen-bond acceptors (Lipinski definition) is 3. The highest BCUT2D eigenvalue weighted by atomic mass is 32.2. The van der Waals surface area contributed by atoms with Gasteiger partial charge in [-0.25, -0.2) is 0 Å². The van der Waals surface area contributed by atoms with E-state index in [0.29, 0.717) is 0 Å². The summed E-state index contributed by atoms with van der Waals surface area (Å²) in [5, 5.41) is 2.09. The van der Waals surface area contributed by atoms with E-state index in [1.54, 1.807) is 23.3 Å². The Hall–Kier alpha value is -0.280. The van der Waals surface area contributed by atoms with Gasteiger partial charge in [0.05, 0.1) is 5.69 Å². The molecule has 0 unspecified atom stereocenters. The lowest BCUT2D eigenvalue weighted by molar-refractivity contribution is 1.50. The van der Waals surface area contributed by atoms with Crippen molar-refractivity contribution in [2.75, 3.05) is 5.75 Å². The quantitative estimate of drug-likeness (QED) is 0.717. The van der Waals surface area contributed by atoms with Crippen molar-refractivity contribution >= 4 is 29.4 Å². The molecule has 0 aliphatic heterocycles. The molecule has 0 saturated carbocycles. The molecule has 11 heavy (non-hydrogen) atoms. The van der Waals surface area contributed by atoms with Crippen LogP contribution < -0.4 is 0 Å². The number of rotatable bonds is 3. The van der Waals surface area contributed by atoms with Crippen LogP contribution in [0, 0.1) is 6.92 Å². The Kier molecular flexibility index (Phi) is 3.66.